The van der Waals surface area contributed by atoms with Gasteiger partial charge in [0, 0.05) is 26.2 Å². The van der Waals surface area contributed by atoms with Crippen molar-refractivity contribution in [2.75, 3.05) is 32.7 Å². The monoisotopic (exact) mass is 194 g/mol. The van der Waals surface area contributed by atoms with Gasteiger partial charge in [0.25, 0.3) is 0 Å². The average molecular weight is 194 g/mol. The zero-order chi connectivity index (χ0) is 9.90. The maximum absolute atomic E-state index is 12.7. The molecule has 0 radical (unpaired) electrons. The maximum atomic E-state index is 12.7. The Balaban J connectivity index is 2.41. The Hall–Kier alpha value is -0.750. The van der Waals surface area contributed by atoms with Crippen molar-refractivity contribution < 1.29 is 18.7 Å². The number of halogens is 2. The fourth-order valence-corrected chi connectivity index (χ4v) is 1.22. The van der Waals surface area contributed by atoms with E-state index in [4.69, 9.17) is 5.11 Å². The third-order valence-corrected chi connectivity index (χ3v) is 1.94. The van der Waals surface area contributed by atoms with Crippen LogP contribution in [0.4, 0.5) is 8.78 Å². The van der Waals surface area contributed by atoms with Crippen LogP contribution in [0.2, 0.25) is 0 Å². The third-order valence-electron chi connectivity index (χ3n) is 1.94. The molecular weight excluding hydrogens is 182 g/mol. The summed E-state index contributed by atoms with van der Waals surface area (Å²) in [6.45, 7) is 1.53. The molecule has 0 aromatic heterocycles. The number of nitrogens with zero attached hydrogens (tertiary/aromatic N) is 1. The zero-order valence-corrected chi connectivity index (χ0v) is 7.09. The minimum atomic E-state index is -3.63. The number of carboxylic acid groups (broad SMARTS) is 1. The van der Waals surface area contributed by atoms with E-state index in [2.05, 4.69) is 5.32 Å². The van der Waals surface area contributed by atoms with E-state index >= 15 is 0 Å². The van der Waals surface area contributed by atoms with Gasteiger partial charge in [-0.1, -0.05) is 0 Å². The highest BCUT2D eigenvalue weighted by atomic mass is 19.3. The molecule has 76 valence electrons. The summed E-state index contributed by atoms with van der Waals surface area (Å²) in [5.41, 5.74) is 0. The smallest absolute Gasteiger partial charge is 0.375 e. The minimum absolute atomic E-state index is 0.475. The molecule has 1 fully saturated rings. The van der Waals surface area contributed by atoms with Crippen LogP contribution in [0, 0.1) is 0 Å². The molecule has 0 spiro atoms. The highest BCUT2D eigenvalue weighted by molar-refractivity contribution is 5.75. The van der Waals surface area contributed by atoms with Crippen molar-refractivity contribution in [1.82, 2.24) is 10.2 Å². The standard InChI is InChI=1S/C7H12F2N2O2/c8-7(9,6(12)13)5-11-3-1-10-2-4-11/h10H,1-5H2,(H,12,13). The van der Waals surface area contributed by atoms with Gasteiger partial charge < -0.3 is 10.4 Å². The van der Waals surface area contributed by atoms with Crippen LogP contribution in [-0.4, -0.2) is 54.6 Å². The number of carboxylic acids is 1. The average Bonchev–Trinajstić information content (AvgIpc) is 2.05. The maximum Gasteiger partial charge on any atom is 0.375 e. The van der Waals surface area contributed by atoms with Crippen LogP contribution in [0.25, 0.3) is 0 Å². The second kappa shape index (κ2) is 3.97. The molecule has 0 aliphatic carbocycles. The number of alkyl halides is 2. The summed E-state index contributed by atoms with van der Waals surface area (Å²) in [6, 6.07) is 0. The Bertz CT molecular complexity index is 193. The Morgan fingerprint density at radius 1 is 1.46 bits per heavy atom. The molecule has 4 nitrogen and oxygen atoms in total. The normalized spacial score (nSPS) is 20.2. The van der Waals surface area contributed by atoms with E-state index in [1.54, 1.807) is 0 Å². The van der Waals surface area contributed by atoms with Gasteiger partial charge in [-0.2, -0.15) is 8.78 Å². The zero-order valence-electron chi connectivity index (χ0n) is 7.09. The Labute approximate surface area is 74.5 Å². The van der Waals surface area contributed by atoms with Crippen molar-refractivity contribution in [3.63, 3.8) is 0 Å². The first kappa shape index (κ1) is 10.3. The first-order chi connectivity index (χ1) is 6.02. The molecule has 1 saturated heterocycles. The van der Waals surface area contributed by atoms with Gasteiger partial charge in [-0.15, -0.1) is 0 Å². The summed E-state index contributed by atoms with van der Waals surface area (Å²) < 4.78 is 25.3. The fraction of sp³-hybridized carbons (Fsp3) is 0.857. The molecule has 0 bridgehead atoms. The van der Waals surface area contributed by atoms with Crippen molar-refractivity contribution in [2.24, 2.45) is 0 Å². The van der Waals surface area contributed by atoms with Gasteiger partial charge in [0.05, 0.1) is 6.54 Å². The molecule has 1 heterocycles. The molecule has 6 heteroatoms. The molecule has 1 rings (SSSR count). The SMILES string of the molecule is O=C(O)C(F)(F)CN1CCNCC1. The van der Waals surface area contributed by atoms with Crippen molar-refractivity contribution in [2.45, 2.75) is 5.92 Å². The van der Waals surface area contributed by atoms with Crippen LogP contribution in [0.1, 0.15) is 0 Å². The molecule has 0 aromatic rings. The number of rotatable bonds is 3. The highest BCUT2D eigenvalue weighted by Gasteiger charge is 2.40. The first-order valence-electron chi connectivity index (χ1n) is 4.07. The lowest BCUT2D eigenvalue weighted by atomic mass is 10.3. The van der Waals surface area contributed by atoms with Gasteiger partial charge in [0.1, 0.15) is 0 Å². The molecule has 1 aliphatic heterocycles. The molecule has 0 unspecified atom stereocenters. The molecule has 1 aliphatic rings. The first-order valence-corrected chi connectivity index (χ1v) is 4.07. The highest BCUT2D eigenvalue weighted by Crippen LogP contribution is 2.15. The summed E-state index contributed by atoms with van der Waals surface area (Å²) in [4.78, 5) is 11.6. The second-order valence-electron chi connectivity index (χ2n) is 3.04. The van der Waals surface area contributed by atoms with E-state index in [0.29, 0.717) is 26.2 Å². The molecule has 0 saturated carbocycles. The largest absolute Gasteiger partial charge is 0.477 e. The minimum Gasteiger partial charge on any atom is -0.477 e. The summed E-state index contributed by atoms with van der Waals surface area (Å²) in [5, 5.41) is 11.2. The van der Waals surface area contributed by atoms with E-state index in [9.17, 15) is 13.6 Å². The predicted molar refractivity (Wildman–Crippen MR) is 41.9 cm³/mol. The summed E-state index contributed by atoms with van der Waals surface area (Å²) in [6.07, 6.45) is 0. The van der Waals surface area contributed by atoms with Gasteiger partial charge in [-0.25, -0.2) is 4.79 Å². The van der Waals surface area contributed by atoms with Gasteiger partial charge in [0.15, 0.2) is 0 Å². The Kier molecular flexibility index (Phi) is 3.16. The van der Waals surface area contributed by atoms with E-state index in [1.165, 1.54) is 4.90 Å². The van der Waals surface area contributed by atoms with E-state index in [1.807, 2.05) is 0 Å². The van der Waals surface area contributed by atoms with E-state index in [0.717, 1.165) is 0 Å². The van der Waals surface area contributed by atoms with Crippen molar-refractivity contribution in [3.8, 4) is 0 Å². The van der Waals surface area contributed by atoms with Gasteiger partial charge in [0.2, 0.25) is 0 Å². The van der Waals surface area contributed by atoms with E-state index < -0.39 is 18.4 Å². The third kappa shape index (κ3) is 2.89. The molecular formula is C7H12F2N2O2. The number of hydrogen-bond acceptors (Lipinski definition) is 3. The molecule has 0 aromatic carbocycles. The van der Waals surface area contributed by atoms with Crippen LogP contribution < -0.4 is 5.32 Å². The number of carbonyl (C=O) groups is 1. The van der Waals surface area contributed by atoms with Crippen LogP contribution in [-0.2, 0) is 4.79 Å². The lowest BCUT2D eigenvalue weighted by Gasteiger charge is -2.28. The van der Waals surface area contributed by atoms with Crippen LogP contribution in [0.5, 0.6) is 0 Å². The van der Waals surface area contributed by atoms with Gasteiger partial charge in [-0.3, -0.25) is 4.90 Å². The van der Waals surface area contributed by atoms with Gasteiger partial charge in [-0.05, 0) is 0 Å². The molecule has 0 atom stereocenters. The van der Waals surface area contributed by atoms with Crippen LogP contribution in [0.15, 0.2) is 0 Å². The number of hydrogen-bond donors (Lipinski definition) is 2. The van der Waals surface area contributed by atoms with E-state index in [-0.39, 0.29) is 0 Å². The summed E-state index contributed by atoms with van der Waals surface area (Å²) in [5.74, 6) is -5.68. The second-order valence-corrected chi connectivity index (χ2v) is 3.04. The number of piperazine rings is 1. The lowest BCUT2D eigenvalue weighted by molar-refractivity contribution is -0.167. The fourth-order valence-electron chi connectivity index (χ4n) is 1.22. The summed E-state index contributed by atoms with van der Waals surface area (Å²) >= 11 is 0. The summed E-state index contributed by atoms with van der Waals surface area (Å²) in [7, 11) is 0. The Morgan fingerprint density at radius 3 is 2.46 bits per heavy atom. The Morgan fingerprint density at radius 2 is 2.00 bits per heavy atom. The number of nitrogens with one attached hydrogen (secondary N) is 1. The quantitative estimate of drug-likeness (QED) is 0.642. The molecule has 13 heavy (non-hydrogen) atoms. The van der Waals surface area contributed by atoms with Crippen LogP contribution in [0.3, 0.4) is 0 Å². The topological polar surface area (TPSA) is 52.6 Å². The van der Waals surface area contributed by atoms with Crippen molar-refractivity contribution in [3.05, 3.63) is 0 Å². The van der Waals surface area contributed by atoms with Crippen molar-refractivity contribution in [1.29, 1.82) is 0 Å². The molecule has 0 amide bonds. The van der Waals surface area contributed by atoms with Crippen LogP contribution >= 0.6 is 0 Å². The predicted octanol–water partition coefficient (Wildman–Crippen LogP) is -0.389. The molecule has 2 N–H and O–H groups in total. The van der Waals surface area contributed by atoms with Crippen molar-refractivity contribution >= 4 is 5.97 Å². The van der Waals surface area contributed by atoms with Gasteiger partial charge >= 0.3 is 11.9 Å². The number of aliphatic carboxylic acids is 1. The lowest BCUT2D eigenvalue weighted by Crippen LogP contribution is -2.50.